The molecule has 0 aliphatic carbocycles. The minimum atomic E-state index is -4.50. The zero-order chi connectivity index (χ0) is 34.7. The van der Waals surface area contributed by atoms with E-state index in [0.717, 1.165) is 17.1 Å². The van der Waals surface area contributed by atoms with E-state index in [1.54, 1.807) is 31.2 Å². The molecular weight excluding hydrogens is 669 g/mol. The lowest BCUT2D eigenvalue weighted by atomic mass is 10.1. The predicted molar refractivity (Wildman–Crippen MR) is 183 cm³/mol. The zero-order valence-electron chi connectivity index (χ0n) is 27.3. The van der Waals surface area contributed by atoms with Crippen LogP contribution >= 0.6 is 23.2 Å². The van der Waals surface area contributed by atoms with Gasteiger partial charge in [-0.2, -0.15) is 0 Å². The summed E-state index contributed by atoms with van der Waals surface area (Å²) in [4.78, 5) is 29.1. The number of halogens is 2. The van der Waals surface area contributed by atoms with Crippen LogP contribution in [-0.4, -0.2) is 72.7 Å². The van der Waals surface area contributed by atoms with Crippen LogP contribution in [0.3, 0.4) is 0 Å². The van der Waals surface area contributed by atoms with Crippen molar-refractivity contribution < 1.29 is 37.0 Å². The molecule has 0 aliphatic rings. The largest absolute Gasteiger partial charge is 0.497 e. The number of rotatable bonds is 17. The molecule has 0 fully saturated rings. The van der Waals surface area contributed by atoms with E-state index in [4.69, 9.17) is 42.1 Å². The fourth-order valence-corrected chi connectivity index (χ4v) is 6.84. The van der Waals surface area contributed by atoms with Crippen LogP contribution in [0.25, 0.3) is 0 Å². The Labute approximate surface area is 286 Å². The van der Waals surface area contributed by atoms with Gasteiger partial charge in [-0.1, -0.05) is 49.5 Å². The topological polar surface area (TPSA) is 124 Å². The van der Waals surface area contributed by atoms with Gasteiger partial charge in [-0.25, -0.2) is 8.42 Å². The highest BCUT2D eigenvalue weighted by Crippen LogP contribution is 2.38. The number of anilines is 1. The van der Waals surface area contributed by atoms with Crippen molar-refractivity contribution in [2.24, 2.45) is 0 Å². The summed E-state index contributed by atoms with van der Waals surface area (Å²) in [7, 11) is 1.13. The number of ether oxygens (including phenoxy) is 4. The highest BCUT2D eigenvalue weighted by Gasteiger charge is 2.36. The van der Waals surface area contributed by atoms with Gasteiger partial charge in [-0.05, 0) is 49.2 Å². The van der Waals surface area contributed by atoms with Crippen LogP contribution in [0.5, 0.6) is 23.0 Å². The molecular formula is C33H41Cl2N3O8S. The molecule has 0 saturated carbocycles. The fourth-order valence-electron chi connectivity index (χ4n) is 4.89. The van der Waals surface area contributed by atoms with E-state index in [1.807, 2.05) is 6.92 Å². The Bertz CT molecular complexity index is 1630. The molecule has 0 radical (unpaired) electrons. The van der Waals surface area contributed by atoms with Crippen molar-refractivity contribution in [1.29, 1.82) is 0 Å². The summed E-state index contributed by atoms with van der Waals surface area (Å²) >= 11 is 13.0. The number of unbranched alkanes of at least 4 members (excludes halogenated alkanes) is 1. The smallest absolute Gasteiger partial charge is 0.265 e. The van der Waals surface area contributed by atoms with Crippen molar-refractivity contribution in [3.8, 4) is 23.0 Å². The zero-order valence-corrected chi connectivity index (χ0v) is 29.7. The average Bonchev–Trinajstić information content (AvgIpc) is 3.07. The molecule has 2 amide bonds. The second kappa shape index (κ2) is 17.3. The molecule has 0 bridgehead atoms. The van der Waals surface area contributed by atoms with Gasteiger partial charge in [0.1, 0.15) is 24.1 Å². The molecule has 1 N–H and O–H groups in total. The quantitative estimate of drug-likeness (QED) is 0.171. The standard InChI is InChI=1S/C33H41Cl2N3O8S/c1-7-9-17-36-33(40)27(8-2)37(20-24-25(34)11-10-12-26(24)35)32(39)21-38(28-18-22(43-3)13-15-29(28)44-4)47(41,42)23-14-16-30(45-5)31(19-23)46-6/h10-16,18-19,27H,7-9,17,20-21H2,1-6H3,(H,36,40)/t27-/m0/s1. The Morgan fingerprint density at radius 3 is 2.06 bits per heavy atom. The molecule has 0 aliphatic heterocycles. The SMILES string of the molecule is CCCCNC(=O)[C@H](CC)N(Cc1c(Cl)cccc1Cl)C(=O)CN(c1cc(OC)ccc1OC)S(=O)(=O)c1ccc(OC)c(OC)c1. The van der Waals surface area contributed by atoms with Gasteiger partial charge in [0, 0.05) is 40.8 Å². The Hall–Kier alpha value is -3.87. The van der Waals surface area contributed by atoms with Gasteiger partial charge in [-0.3, -0.25) is 13.9 Å². The lowest BCUT2D eigenvalue weighted by Gasteiger charge is -2.34. The number of hydrogen-bond donors (Lipinski definition) is 1. The summed E-state index contributed by atoms with van der Waals surface area (Å²) in [6, 6.07) is 12.6. The van der Waals surface area contributed by atoms with Crippen LogP contribution in [0, 0.1) is 0 Å². The summed E-state index contributed by atoms with van der Waals surface area (Å²) < 4.78 is 51.5. The van der Waals surface area contributed by atoms with E-state index in [1.165, 1.54) is 63.7 Å². The summed E-state index contributed by atoms with van der Waals surface area (Å²) in [6.45, 7) is 3.31. The first-order valence-corrected chi connectivity index (χ1v) is 17.1. The van der Waals surface area contributed by atoms with Crippen LogP contribution < -0.4 is 28.6 Å². The third kappa shape index (κ3) is 8.94. The molecule has 47 heavy (non-hydrogen) atoms. The van der Waals surface area contributed by atoms with Gasteiger partial charge in [-0.15, -0.1) is 0 Å². The normalized spacial score (nSPS) is 11.7. The molecule has 0 spiro atoms. The molecule has 3 rings (SSSR count). The minimum Gasteiger partial charge on any atom is -0.497 e. The maximum atomic E-state index is 14.5. The number of amides is 2. The Balaban J connectivity index is 2.21. The first kappa shape index (κ1) is 37.6. The molecule has 1 atom stereocenters. The number of hydrogen-bond acceptors (Lipinski definition) is 8. The first-order chi connectivity index (χ1) is 22.5. The van der Waals surface area contributed by atoms with Gasteiger partial charge in [0.2, 0.25) is 11.8 Å². The number of methoxy groups -OCH3 is 4. The summed E-state index contributed by atoms with van der Waals surface area (Å²) in [5.74, 6) is -0.106. The van der Waals surface area contributed by atoms with E-state index < -0.39 is 28.5 Å². The van der Waals surface area contributed by atoms with Gasteiger partial charge in [0.15, 0.2) is 11.5 Å². The van der Waals surface area contributed by atoms with E-state index in [-0.39, 0.29) is 41.0 Å². The van der Waals surface area contributed by atoms with Crippen molar-refractivity contribution in [2.45, 2.75) is 50.6 Å². The molecule has 14 heteroatoms. The second-order valence-corrected chi connectivity index (χ2v) is 13.0. The Morgan fingerprint density at radius 2 is 1.49 bits per heavy atom. The highest BCUT2D eigenvalue weighted by atomic mass is 35.5. The van der Waals surface area contributed by atoms with Crippen molar-refractivity contribution >= 4 is 50.7 Å². The average molecular weight is 711 g/mol. The van der Waals surface area contributed by atoms with E-state index in [2.05, 4.69) is 5.32 Å². The Morgan fingerprint density at radius 1 is 0.851 bits per heavy atom. The second-order valence-electron chi connectivity index (χ2n) is 10.4. The van der Waals surface area contributed by atoms with Crippen LogP contribution in [-0.2, 0) is 26.2 Å². The van der Waals surface area contributed by atoms with E-state index in [0.29, 0.717) is 33.7 Å². The van der Waals surface area contributed by atoms with E-state index >= 15 is 0 Å². The molecule has 0 aromatic heterocycles. The van der Waals surface area contributed by atoms with Crippen molar-refractivity contribution in [1.82, 2.24) is 10.2 Å². The molecule has 3 aromatic carbocycles. The van der Waals surface area contributed by atoms with Crippen molar-refractivity contribution in [3.05, 3.63) is 70.2 Å². The summed E-state index contributed by atoms with van der Waals surface area (Å²) in [5.41, 5.74) is 0.448. The van der Waals surface area contributed by atoms with Gasteiger partial charge < -0.3 is 29.2 Å². The molecule has 256 valence electrons. The maximum absolute atomic E-state index is 14.5. The van der Waals surface area contributed by atoms with Gasteiger partial charge >= 0.3 is 0 Å². The summed E-state index contributed by atoms with van der Waals surface area (Å²) in [6.07, 6.45) is 1.84. The number of carbonyl (C=O) groups excluding carboxylic acids is 2. The number of nitrogens with one attached hydrogen (secondary N) is 1. The molecule has 0 saturated heterocycles. The number of benzene rings is 3. The molecule has 0 unspecified atom stereocenters. The number of nitrogens with zero attached hydrogens (tertiary/aromatic N) is 2. The lowest BCUT2D eigenvalue weighted by Crippen LogP contribution is -2.52. The van der Waals surface area contributed by atoms with Crippen LogP contribution in [0.15, 0.2) is 59.5 Å². The third-order valence-corrected chi connectivity index (χ3v) is 9.95. The maximum Gasteiger partial charge on any atom is 0.265 e. The number of carbonyl (C=O) groups is 2. The van der Waals surface area contributed by atoms with E-state index in [9.17, 15) is 18.0 Å². The predicted octanol–water partition coefficient (Wildman–Crippen LogP) is 5.95. The highest BCUT2D eigenvalue weighted by molar-refractivity contribution is 7.92. The lowest BCUT2D eigenvalue weighted by molar-refractivity contribution is -0.140. The van der Waals surface area contributed by atoms with Crippen LogP contribution in [0.4, 0.5) is 5.69 Å². The molecule has 0 heterocycles. The van der Waals surface area contributed by atoms with Crippen molar-refractivity contribution in [3.63, 3.8) is 0 Å². The van der Waals surface area contributed by atoms with Crippen LogP contribution in [0.1, 0.15) is 38.7 Å². The fraction of sp³-hybridized carbons (Fsp3) is 0.394. The van der Waals surface area contributed by atoms with Gasteiger partial charge in [0.25, 0.3) is 10.0 Å². The van der Waals surface area contributed by atoms with Crippen molar-refractivity contribution in [2.75, 3.05) is 45.8 Å². The first-order valence-electron chi connectivity index (χ1n) is 14.9. The Kier molecular flexibility index (Phi) is 13.9. The monoisotopic (exact) mass is 709 g/mol. The third-order valence-electron chi connectivity index (χ3n) is 7.48. The molecule has 3 aromatic rings. The molecule has 11 nitrogen and oxygen atoms in total. The number of sulfonamides is 1. The summed E-state index contributed by atoms with van der Waals surface area (Å²) in [5, 5.41) is 3.47. The minimum absolute atomic E-state index is 0.0335. The van der Waals surface area contributed by atoms with Crippen LogP contribution in [0.2, 0.25) is 10.0 Å². The van der Waals surface area contributed by atoms with Gasteiger partial charge in [0.05, 0.1) is 39.0 Å².